The fraction of sp³-hybridized carbons (Fsp3) is 0.682. The molecular weight excluding hydrogens is 405 g/mol. The lowest BCUT2D eigenvalue weighted by atomic mass is 9.90. The first kappa shape index (κ1) is 24.7. The average molecular weight is 442 g/mol. The van der Waals surface area contributed by atoms with Crippen molar-refractivity contribution < 1.29 is 28.5 Å². The van der Waals surface area contributed by atoms with Crippen molar-refractivity contribution in [2.24, 2.45) is 5.92 Å². The van der Waals surface area contributed by atoms with Crippen molar-refractivity contribution in [2.75, 3.05) is 13.5 Å². The number of ether oxygens (including phenoxy) is 2. The van der Waals surface area contributed by atoms with Crippen LogP contribution in [0.3, 0.4) is 0 Å². The zero-order chi connectivity index (χ0) is 22.6. The van der Waals surface area contributed by atoms with Crippen molar-refractivity contribution >= 4 is 13.5 Å². The van der Waals surface area contributed by atoms with Gasteiger partial charge >= 0.3 is 13.5 Å². The van der Waals surface area contributed by atoms with E-state index in [0.29, 0.717) is 11.7 Å². The van der Waals surface area contributed by atoms with Gasteiger partial charge in [-0.2, -0.15) is 0 Å². The molecule has 7 nitrogen and oxygen atoms in total. The molecule has 0 bridgehead atoms. The summed E-state index contributed by atoms with van der Waals surface area (Å²) in [5.41, 5.74) is 1.54. The van der Waals surface area contributed by atoms with Crippen molar-refractivity contribution in [1.82, 2.24) is 5.09 Å². The minimum atomic E-state index is -3.57. The summed E-state index contributed by atoms with van der Waals surface area (Å²) in [6.07, 6.45) is 1.79. The van der Waals surface area contributed by atoms with Crippen molar-refractivity contribution in [3.8, 4) is 11.5 Å². The zero-order valence-electron chi connectivity index (χ0n) is 19.1. The molecule has 2 N–H and O–H groups in total. The van der Waals surface area contributed by atoms with E-state index in [1.165, 1.54) is 7.11 Å². The fourth-order valence-corrected chi connectivity index (χ4v) is 5.12. The first-order valence-electron chi connectivity index (χ1n) is 10.6. The summed E-state index contributed by atoms with van der Waals surface area (Å²) in [5, 5.41) is 13.6. The van der Waals surface area contributed by atoms with Crippen LogP contribution in [0.5, 0.6) is 11.5 Å². The number of methoxy groups -OCH3 is 1. The van der Waals surface area contributed by atoms with Gasteiger partial charge in [-0.25, -0.2) is 5.09 Å². The molecule has 3 atom stereocenters. The van der Waals surface area contributed by atoms with E-state index in [2.05, 4.69) is 12.0 Å². The van der Waals surface area contributed by atoms with E-state index in [9.17, 15) is 14.5 Å². The minimum Gasteiger partial charge on any atom is -0.507 e. The molecule has 0 spiro atoms. The van der Waals surface area contributed by atoms with Crippen LogP contribution < -0.4 is 9.61 Å². The first-order valence-corrected chi connectivity index (χ1v) is 12.4. The van der Waals surface area contributed by atoms with Gasteiger partial charge in [-0.15, -0.1) is 0 Å². The van der Waals surface area contributed by atoms with Crippen LogP contribution in [-0.4, -0.2) is 36.7 Å². The number of benzene rings is 1. The Morgan fingerprint density at radius 1 is 1.17 bits per heavy atom. The van der Waals surface area contributed by atoms with Crippen LogP contribution in [-0.2, 0) is 18.8 Å². The highest BCUT2D eigenvalue weighted by Crippen LogP contribution is 2.50. The summed E-state index contributed by atoms with van der Waals surface area (Å²) in [5.74, 6) is 0.938. The van der Waals surface area contributed by atoms with Crippen LogP contribution in [0.15, 0.2) is 12.1 Å². The highest BCUT2D eigenvalue weighted by molar-refractivity contribution is 7.57. The van der Waals surface area contributed by atoms with Crippen LogP contribution in [0.2, 0.25) is 0 Å². The van der Waals surface area contributed by atoms with E-state index in [4.69, 9.17) is 14.0 Å². The Morgan fingerprint density at radius 3 is 2.27 bits per heavy atom. The SMILES string of the molecule is COCP(=O)(N[C@@H](C)C(=O)OC(C)C)Oc1cc(C(C)C)c(O)c([C@H](C)C2CC2)c1. The van der Waals surface area contributed by atoms with Crippen molar-refractivity contribution in [3.05, 3.63) is 23.3 Å². The number of carbonyl (C=O) groups is 1. The first-order chi connectivity index (χ1) is 14.0. The Morgan fingerprint density at radius 2 is 1.77 bits per heavy atom. The Balaban J connectivity index is 2.33. The van der Waals surface area contributed by atoms with Crippen LogP contribution in [0.25, 0.3) is 0 Å². The highest BCUT2D eigenvalue weighted by atomic mass is 31.2. The van der Waals surface area contributed by atoms with Gasteiger partial charge in [-0.1, -0.05) is 20.8 Å². The maximum atomic E-state index is 13.4. The molecule has 0 aliphatic heterocycles. The van der Waals surface area contributed by atoms with Crippen LogP contribution >= 0.6 is 7.52 Å². The molecule has 0 aromatic heterocycles. The quantitative estimate of drug-likeness (QED) is 0.363. The number of rotatable bonds is 11. The third-order valence-corrected chi connectivity index (χ3v) is 7.12. The van der Waals surface area contributed by atoms with Crippen molar-refractivity contribution in [3.63, 3.8) is 0 Å². The van der Waals surface area contributed by atoms with Gasteiger partial charge < -0.3 is 19.1 Å². The Kier molecular flexibility index (Phi) is 8.37. The smallest absolute Gasteiger partial charge is 0.342 e. The van der Waals surface area contributed by atoms with E-state index in [1.54, 1.807) is 32.9 Å². The molecule has 0 saturated heterocycles. The van der Waals surface area contributed by atoms with E-state index in [-0.39, 0.29) is 30.0 Å². The predicted molar refractivity (Wildman–Crippen MR) is 117 cm³/mol. The summed E-state index contributed by atoms with van der Waals surface area (Å²) in [6.45, 7) is 11.2. The number of aromatic hydroxyl groups is 1. The highest BCUT2D eigenvalue weighted by Gasteiger charge is 2.34. The van der Waals surface area contributed by atoms with Gasteiger partial charge in [0, 0.05) is 18.2 Å². The molecule has 0 amide bonds. The van der Waals surface area contributed by atoms with E-state index < -0.39 is 19.5 Å². The molecule has 170 valence electrons. The summed E-state index contributed by atoms with van der Waals surface area (Å²) < 4.78 is 29.7. The van der Waals surface area contributed by atoms with E-state index >= 15 is 0 Å². The molecule has 1 saturated carbocycles. The van der Waals surface area contributed by atoms with Gasteiger partial charge in [-0.3, -0.25) is 9.36 Å². The second-order valence-electron chi connectivity index (χ2n) is 8.75. The van der Waals surface area contributed by atoms with Crippen LogP contribution in [0, 0.1) is 5.92 Å². The van der Waals surface area contributed by atoms with E-state index in [0.717, 1.165) is 24.0 Å². The van der Waals surface area contributed by atoms with Gasteiger partial charge in [-0.05, 0) is 63.5 Å². The molecule has 1 unspecified atom stereocenters. The standard InChI is InChI=1S/C22H36NO6P/c1-13(2)19-10-18(11-20(21(19)24)15(5)17-8-9-17)29-30(26,12-27-7)23-16(6)22(25)28-14(3)4/h10-11,13-17,24H,8-9,12H2,1-7H3,(H,23,26)/t15-,16+,30?/m1/s1. The molecule has 1 aliphatic rings. The Bertz CT molecular complexity index is 790. The molecule has 2 rings (SSSR count). The largest absolute Gasteiger partial charge is 0.507 e. The number of hydrogen-bond acceptors (Lipinski definition) is 6. The molecular formula is C22H36NO6P. The number of nitrogens with one attached hydrogen (secondary N) is 1. The second-order valence-corrected chi connectivity index (χ2v) is 10.8. The van der Waals surface area contributed by atoms with Gasteiger partial charge in [0.15, 0.2) is 0 Å². The summed E-state index contributed by atoms with van der Waals surface area (Å²) in [6, 6.07) is 2.63. The van der Waals surface area contributed by atoms with Gasteiger partial charge in [0.25, 0.3) is 0 Å². The Labute approximate surface area is 180 Å². The van der Waals surface area contributed by atoms with Gasteiger partial charge in [0.2, 0.25) is 0 Å². The van der Waals surface area contributed by atoms with Gasteiger partial charge in [0.1, 0.15) is 23.9 Å². The molecule has 30 heavy (non-hydrogen) atoms. The number of phenolic OH excluding ortho intramolecular Hbond substituents is 1. The minimum absolute atomic E-state index is 0.0633. The average Bonchev–Trinajstić information content (AvgIpc) is 3.46. The van der Waals surface area contributed by atoms with Crippen molar-refractivity contribution in [2.45, 2.75) is 78.4 Å². The lowest BCUT2D eigenvalue weighted by Gasteiger charge is -2.25. The molecule has 1 aromatic rings. The normalized spacial score (nSPS) is 18.2. The summed E-state index contributed by atoms with van der Waals surface area (Å²) >= 11 is 0. The Hall–Kier alpha value is -1.56. The lowest BCUT2D eigenvalue weighted by Crippen LogP contribution is -2.36. The second kappa shape index (κ2) is 10.2. The third kappa shape index (κ3) is 6.47. The monoisotopic (exact) mass is 441 g/mol. The topological polar surface area (TPSA) is 94.1 Å². The molecule has 0 radical (unpaired) electrons. The molecule has 1 fully saturated rings. The zero-order valence-corrected chi connectivity index (χ0v) is 20.0. The molecule has 1 aromatic carbocycles. The number of hydrogen-bond donors (Lipinski definition) is 2. The number of esters is 1. The van der Waals surface area contributed by atoms with Crippen LogP contribution in [0.4, 0.5) is 0 Å². The summed E-state index contributed by atoms with van der Waals surface area (Å²) in [7, 11) is -2.15. The van der Waals surface area contributed by atoms with Crippen molar-refractivity contribution in [1.29, 1.82) is 0 Å². The lowest BCUT2D eigenvalue weighted by molar-refractivity contribution is -0.149. The maximum Gasteiger partial charge on any atom is 0.342 e. The third-order valence-electron chi connectivity index (χ3n) is 5.23. The van der Waals surface area contributed by atoms with Crippen LogP contribution in [0.1, 0.15) is 77.3 Å². The van der Waals surface area contributed by atoms with Gasteiger partial charge in [0.05, 0.1) is 6.10 Å². The van der Waals surface area contributed by atoms with E-state index in [1.807, 2.05) is 13.8 Å². The predicted octanol–water partition coefficient (Wildman–Crippen LogP) is 5.13. The summed E-state index contributed by atoms with van der Waals surface area (Å²) in [4.78, 5) is 12.2. The molecule has 0 heterocycles. The molecule has 1 aliphatic carbocycles. The fourth-order valence-electron chi connectivity index (χ4n) is 3.45. The number of carbonyl (C=O) groups excluding carboxylic acids is 1. The maximum absolute atomic E-state index is 13.4. The number of phenols is 1. The molecule has 8 heteroatoms.